The largest absolute Gasteiger partial charge is 0.409 e. The lowest BCUT2D eigenvalue weighted by atomic mass is 10.00. The molecule has 0 unspecified atom stereocenters. The van der Waals surface area contributed by atoms with E-state index in [4.69, 9.17) is 10.9 Å². The Morgan fingerprint density at radius 2 is 1.95 bits per heavy atom. The van der Waals surface area contributed by atoms with Gasteiger partial charge in [-0.15, -0.1) is 0 Å². The van der Waals surface area contributed by atoms with Gasteiger partial charge >= 0.3 is 0 Å². The number of rotatable bonds is 2. The average molecular weight is 269 g/mol. The first-order valence-electron chi connectivity index (χ1n) is 6.40. The maximum Gasteiger partial charge on any atom is 0.192 e. The van der Waals surface area contributed by atoms with Gasteiger partial charge in [0.15, 0.2) is 17.3 Å². The molecule has 0 atom stereocenters. The number of amidine groups is 1. The third-order valence-electron chi connectivity index (χ3n) is 3.46. The van der Waals surface area contributed by atoms with Gasteiger partial charge in [-0.1, -0.05) is 29.4 Å². The van der Waals surface area contributed by atoms with Gasteiger partial charge < -0.3 is 15.8 Å². The van der Waals surface area contributed by atoms with Crippen LogP contribution in [0.3, 0.4) is 0 Å². The summed E-state index contributed by atoms with van der Waals surface area (Å²) < 4.78 is 0. The van der Waals surface area contributed by atoms with Gasteiger partial charge in [0, 0.05) is 25.5 Å². The van der Waals surface area contributed by atoms with Crippen molar-refractivity contribution in [3.63, 3.8) is 0 Å². The Kier molecular flexibility index (Phi) is 3.20. The second-order valence-corrected chi connectivity index (χ2v) is 4.65. The smallest absolute Gasteiger partial charge is 0.192 e. The summed E-state index contributed by atoms with van der Waals surface area (Å²) in [5, 5.41) is 11.9. The quantitative estimate of drug-likeness (QED) is 0.369. The minimum atomic E-state index is -0.0213. The standard InChI is InChI=1S/C14H15N5O/c15-13(18-20)12-14(17-7-6-16-12)19-8-5-10-3-1-2-4-11(10)9-19/h1-4,6-7,20H,5,8-9H2,(H2,15,18). The molecule has 20 heavy (non-hydrogen) atoms. The predicted molar refractivity (Wildman–Crippen MR) is 75.7 cm³/mol. The topological polar surface area (TPSA) is 87.6 Å². The molecule has 2 aromatic rings. The zero-order valence-corrected chi connectivity index (χ0v) is 10.9. The van der Waals surface area contributed by atoms with Crippen molar-refractivity contribution >= 4 is 11.7 Å². The monoisotopic (exact) mass is 269 g/mol. The Morgan fingerprint density at radius 1 is 1.20 bits per heavy atom. The summed E-state index contributed by atoms with van der Waals surface area (Å²) in [5.41, 5.74) is 8.71. The molecule has 0 radical (unpaired) electrons. The number of benzene rings is 1. The molecule has 6 heteroatoms. The second kappa shape index (κ2) is 5.16. The molecule has 0 spiro atoms. The first-order chi connectivity index (χ1) is 9.79. The fourth-order valence-corrected chi connectivity index (χ4v) is 2.47. The van der Waals surface area contributed by atoms with Gasteiger partial charge in [-0.25, -0.2) is 9.97 Å². The van der Waals surface area contributed by atoms with Gasteiger partial charge in [0.1, 0.15) is 0 Å². The first kappa shape index (κ1) is 12.4. The van der Waals surface area contributed by atoms with E-state index < -0.39 is 0 Å². The van der Waals surface area contributed by atoms with Crippen molar-refractivity contribution in [1.29, 1.82) is 0 Å². The van der Waals surface area contributed by atoms with E-state index in [-0.39, 0.29) is 5.84 Å². The van der Waals surface area contributed by atoms with Gasteiger partial charge in [-0.3, -0.25) is 0 Å². The molecule has 1 aliphatic rings. The van der Waals surface area contributed by atoms with Crippen LogP contribution in [0.2, 0.25) is 0 Å². The molecule has 1 aromatic carbocycles. The Balaban J connectivity index is 1.96. The number of nitrogens with two attached hydrogens (primary N) is 1. The lowest BCUT2D eigenvalue weighted by Gasteiger charge is -2.30. The van der Waals surface area contributed by atoms with E-state index >= 15 is 0 Å². The van der Waals surface area contributed by atoms with Crippen LogP contribution < -0.4 is 10.6 Å². The van der Waals surface area contributed by atoms with Crippen LogP contribution >= 0.6 is 0 Å². The fourth-order valence-electron chi connectivity index (χ4n) is 2.47. The van der Waals surface area contributed by atoms with Crippen molar-refractivity contribution in [3.8, 4) is 0 Å². The predicted octanol–water partition coefficient (Wildman–Crippen LogP) is 1.13. The van der Waals surface area contributed by atoms with E-state index in [0.29, 0.717) is 11.5 Å². The number of hydrogen-bond acceptors (Lipinski definition) is 5. The maximum absolute atomic E-state index is 8.85. The average Bonchev–Trinajstić information content (AvgIpc) is 2.53. The van der Waals surface area contributed by atoms with Gasteiger partial charge in [-0.05, 0) is 17.5 Å². The molecular formula is C14H15N5O. The molecule has 3 rings (SSSR count). The Hall–Kier alpha value is -2.63. The van der Waals surface area contributed by atoms with Crippen molar-refractivity contribution in [2.24, 2.45) is 10.9 Å². The van der Waals surface area contributed by atoms with Crippen LogP contribution in [-0.4, -0.2) is 27.6 Å². The third kappa shape index (κ3) is 2.16. The fraction of sp³-hybridized carbons (Fsp3) is 0.214. The van der Waals surface area contributed by atoms with Crippen LogP contribution in [0, 0.1) is 0 Å². The number of aromatic nitrogens is 2. The molecule has 3 N–H and O–H groups in total. The highest BCUT2D eigenvalue weighted by atomic mass is 16.4. The lowest BCUT2D eigenvalue weighted by Crippen LogP contribution is -2.33. The van der Waals surface area contributed by atoms with E-state index in [1.54, 1.807) is 6.20 Å². The lowest BCUT2D eigenvalue weighted by molar-refractivity contribution is 0.318. The van der Waals surface area contributed by atoms with E-state index in [1.807, 2.05) is 6.07 Å². The second-order valence-electron chi connectivity index (χ2n) is 4.65. The molecule has 0 aliphatic carbocycles. The summed E-state index contributed by atoms with van der Waals surface area (Å²) in [6, 6.07) is 8.34. The Labute approximate surface area is 116 Å². The summed E-state index contributed by atoms with van der Waals surface area (Å²) in [6.07, 6.45) is 4.10. The van der Waals surface area contributed by atoms with Crippen LogP contribution in [0.15, 0.2) is 41.8 Å². The molecule has 1 aromatic heterocycles. The van der Waals surface area contributed by atoms with Crippen LogP contribution in [0.4, 0.5) is 5.82 Å². The van der Waals surface area contributed by atoms with Crippen LogP contribution in [0.1, 0.15) is 16.8 Å². The van der Waals surface area contributed by atoms with Crippen molar-refractivity contribution in [1.82, 2.24) is 9.97 Å². The van der Waals surface area contributed by atoms with Crippen LogP contribution in [0.5, 0.6) is 0 Å². The summed E-state index contributed by atoms with van der Waals surface area (Å²) in [7, 11) is 0. The number of fused-ring (bicyclic) bond motifs is 1. The minimum Gasteiger partial charge on any atom is -0.409 e. The third-order valence-corrected chi connectivity index (χ3v) is 3.46. The number of nitrogens with zero attached hydrogens (tertiary/aromatic N) is 4. The molecular weight excluding hydrogens is 254 g/mol. The Morgan fingerprint density at radius 3 is 2.75 bits per heavy atom. The van der Waals surface area contributed by atoms with Gasteiger partial charge in [0.05, 0.1) is 0 Å². The molecule has 0 bridgehead atoms. The van der Waals surface area contributed by atoms with Gasteiger partial charge in [0.2, 0.25) is 0 Å². The number of anilines is 1. The van der Waals surface area contributed by atoms with Crippen molar-refractivity contribution in [2.75, 3.05) is 11.4 Å². The first-order valence-corrected chi connectivity index (χ1v) is 6.40. The SMILES string of the molecule is NC(=NO)c1nccnc1N1CCc2ccccc2C1. The van der Waals surface area contributed by atoms with Crippen molar-refractivity contribution in [3.05, 3.63) is 53.5 Å². The van der Waals surface area contributed by atoms with E-state index in [1.165, 1.54) is 17.3 Å². The molecule has 1 aliphatic heterocycles. The maximum atomic E-state index is 8.85. The summed E-state index contributed by atoms with van der Waals surface area (Å²) in [4.78, 5) is 10.6. The van der Waals surface area contributed by atoms with E-state index in [0.717, 1.165) is 19.5 Å². The highest BCUT2D eigenvalue weighted by Crippen LogP contribution is 2.24. The Bertz CT molecular complexity index is 656. The summed E-state index contributed by atoms with van der Waals surface area (Å²) >= 11 is 0. The van der Waals surface area contributed by atoms with Gasteiger partial charge in [-0.2, -0.15) is 0 Å². The van der Waals surface area contributed by atoms with Crippen molar-refractivity contribution < 1.29 is 5.21 Å². The van der Waals surface area contributed by atoms with Crippen molar-refractivity contribution in [2.45, 2.75) is 13.0 Å². The normalized spacial score (nSPS) is 15.0. The van der Waals surface area contributed by atoms with E-state index in [9.17, 15) is 0 Å². The summed E-state index contributed by atoms with van der Waals surface area (Å²) in [5.74, 6) is 0.629. The molecule has 0 saturated carbocycles. The number of hydrogen-bond donors (Lipinski definition) is 2. The molecule has 6 nitrogen and oxygen atoms in total. The van der Waals surface area contributed by atoms with Crippen LogP contribution in [-0.2, 0) is 13.0 Å². The van der Waals surface area contributed by atoms with E-state index in [2.05, 4.69) is 38.2 Å². The molecule has 0 saturated heterocycles. The zero-order chi connectivity index (χ0) is 13.9. The van der Waals surface area contributed by atoms with Crippen LogP contribution in [0.25, 0.3) is 0 Å². The number of oxime groups is 1. The zero-order valence-electron chi connectivity index (χ0n) is 10.9. The van der Waals surface area contributed by atoms with Gasteiger partial charge in [0.25, 0.3) is 0 Å². The molecule has 102 valence electrons. The highest BCUT2D eigenvalue weighted by Gasteiger charge is 2.21. The molecule has 2 heterocycles. The highest BCUT2D eigenvalue weighted by molar-refractivity contribution is 5.99. The minimum absolute atomic E-state index is 0.0213. The molecule has 0 amide bonds. The summed E-state index contributed by atoms with van der Waals surface area (Å²) in [6.45, 7) is 1.59. The molecule has 0 fully saturated rings.